The molecule has 0 spiro atoms. The second-order valence-electron chi connectivity index (χ2n) is 9.39. The third-order valence-electron chi connectivity index (χ3n) is 5.76. The van der Waals surface area contributed by atoms with Gasteiger partial charge in [0.25, 0.3) is 5.91 Å². The Hall–Kier alpha value is -2.90. The SMILES string of the molecule is C1CC2CC1O2.COc1ccccc1C(=O)N(OCc1ccccc1)C(C(=O)O)C(C)(C)C. The largest absolute Gasteiger partial charge is 0.496 e. The van der Waals surface area contributed by atoms with E-state index in [1.165, 1.54) is 26.4 Å². The number of benzene rings is 2. The van der Waals surface area contributed by atoms with Crippen LogP contribution >= 0.6 is 0 Å². The molecule has 33 heavy (non-hydrogen) atoms. The van der Waals surface area contributed by atoms with Gasteiger partial charge in [0, 0.05) is 0 Å². The molecule has 2 aromatic rings. The van der Waals surface area contributed by atoms with Crippen LogP contribution < -0.4 is 4.74 Å². The zero-order valence-electron chi connectivity index (χ0n) is 19.7. The van der Waals surface area contributed by atoms with Gasteiger partial charge in [-0.2, -0.15) is 0 Å². The third kappa shape index (κ3) is 6.33. The molecule has 2 heterocycles. The number of amides is 1. The number of hydrogen-bond acceptors (Lipinski definition) is 5. The first-order valence-corrected chi connectivity index (χ1v) is 11.2. The summed E-state index contributed by atoms with van der Waals surface area (Å²) in [6, 6.07) is 14.7. The van der Waals surface area contributed by atoms with Crippen LogP contribution in [0.1, 0.15) is 56.0 Å². The van der Waals surface area contributed by atoms with Crippen molar-refractivity contribution in [2.45, 2.75) is 64.9 Å². The number of rotatable bonds is 7. The van der Waals surface area contributed by atoms with Gasteiger partial charge in [0.1, 0.15) is 12.4 Å². The smallest absolute Gasteiger partial charge is 0.329 e. The zero-order valence-corrected chi connectivity index (χ0v) is 19.7. The van der Waals surface area contributed by atoms with E-state index >= 15 is 0 Å². The Morgan fingerprint density at radius 2 is 1.64 bits per heavy atom. The van der Waals surface area contributed by atoms with Crippen molar-refractivity contribution in [3.63, 3.8) is 0 Å². The highest BCUT2D eigenvalue weighted by molar-refractivity contribution is 5.98. The lowest BCUT2D eigenvalue weighted by Gasteiger charge is -2.36. The summed E-state index contributed by atoms with van der Waals surface area (Å²) in [7, 11) is 1.46. The summed E-state index contributed by atoms with van der Waals surface area (Å²) in [6.45, 7) is 5.32. The lowest BCUT2D eigenvalue weighted by Crippen LogP contribution is -2.52. The number of hydroxylamine groups is 2. The maximum Gasteiger partial charge on any atom is 0.329 e. The molecule has 7 heteroatoms. The molecule has 1 N–H and O–H groups in total. The predicted molar refractivity (Wildman–Crippen MR) is 124 cm³/mol. The van der Waals surface area contributed by atoms with Crippen LogP contribution in [0.25, 0.3) is 0 Å². The maximum atomic E-state index is 13.2. The molecule has 1 saturated carbocycles. The molecule has 1 amide bonds. The van der Waals surface area contributed by atoms with Crippen molar-refractivity contribution in [2.75, 3.05) is 7.11 Å². The average Bonchev–Trinajstić information content (AvgIpc) is 3.42. The van der Waals surface area contributed by atoms with Gasteiger partial charge in [-0.1, -0.05) is 63.2 Å². The van der Waals surface area contributed by atoms with E-state index in [1.807, 2.05) is 30.3 Å². The number of carbonyl (C=O) groups excluding carboxylic acids is 1. The molecule has 1 aliphatic carbocycles. The first-order chi connectivity index (χ1) is 15.7. The van der Waals surface area contributed by atoms with E-state index in [0.717, 1.165) is 10.6 Å². The van der Waals surface area contributed by atoms with Crippen LogP contribution in [-0.4, -0.2) is 47.4 Å². The number of fused-ring (bicyclic) bond motifs is 1. The van der Waals surface area contributed by atoms with Crippen LogP contribution in [0.15, 0.2) is 54.6 Å². The second-order valence-corrected chi connectivity index (χ2v) is 9.39. The fraction of sp³-hybridized carbons (Fsp3) is 0.462. The van der Waals surface area contributed by atoms with Gasteiger partial charge in [-0.3, -0.25) is 9.63 Å². The third-order valence-corrected chi connectivity index (χ3v) is 5.76. The Morgan fingerprint density at radius 1 is 1.06 bits per heavy atom. The molecule has 0 radical (unpaired) electrons. The number of carboxylic acid groups (broad SMARTS) is 1. The molecule has 0 aromatic heterocycles. The van der Waals surface area contributed by atoms with Gasteiger partial charge in [0.15, 0.2) is 6.04 Å². The first-order valence-electron chi connectivity index (χ1n) is 11.2. The molecule has 2 saturated heterocycles. The Morgan fingerprint density at radius 3 is 2.12 bits per heavy atom. The van der Waals surface area contributed by atoms with E-state index in [-0.39, 0.29) is 12.2 Å². The minimum atomic E-state index is -1.18. The number of ether oxygens (including phenoxy) is 2. The summed E-state index contributed by atoms with van der Waals surface area (Å²) in [6.07, 6.45) is 5.42. The minimum Gasteiger partial charge on any atom is -0.496 e. The normalized spacial score (nSPS) is 19.5. The van der Waals surface area contributed by atoms with Crippen LogP contribution in [0.3, 0.4) is 0 Å². The average molecular weight is 456 g/mol. The molecule has 3 aliphatic rings. The highest BCUT2D eigenvalue weighted by Gasteiger charge is 2.41. The van der Waals surface area contributed by atoms with E-state index in [2.05, 4.69) is 0 Å². The fourth-order valence-corrected chi connectivity index (χ4v) is 4.03. The lowest BCUT2D eigenvalue weighted by atomic mass is 9.86. The van der Waals surface area contributed by atoms with Crippen LogP contribution in [0, 0.1) is 5.41 Å². The van der Waals surface area contributed by atoms with Crippen molar-refractivity contribution in [3.05, 3.63) is 65.7 Å². The summed E-state index contributed by atoms with van der Waals surface area (Å²) in [5.41, 5.74) is 0.317. The second kappa shape index (κ2) is 10.8. The topological polar surface area (TPSA) is 85.3 Å². The van der Waals surface area contributed by atoms with Crippen molar-refractivity contribution >= 4 is 11.9 Å². The van der Waals surface area contributed by atoms with Gasteiger partial charge in [-0.25, -0.2) is 9.86 Å². The number of carboxylic acids is 1. The van der Waals surface area contributed by atoms with Crippen molar-refractivity contribution in [1.29, 1.82) is 0 Å². The molecular formula is C26H33NO6. The number of nitrogens with zero attached hydrogens (tertiary/aromatic N) is 1. The van der Waals surface area contributed by atoms with E-state index in [4.69, 9.17) is 14.3 Å². The van der Waals surface area contributed by atoms with E-state index in [9.17, 15) is 14.7 Å². The number of para-hydroxylation sites is 1. The van der Waals surface area contributed by atoms with Crippen molar-refractivity contribution < 1.29 is 29.0 Å². The highest BCUT2D eigenvalue weighted by Crippen LogP contribution is 2.36. The van der Waals surface area contributed by atoms with Crippen molar-refractivity contribution in [2.24, 2.45) is 5.41 Å². The summed E-state index contributed by atoms with van der Waals surface area (Å²) < 4.78 is 10.5. The standard InChI is InChI=1S/C21H25NO5.C5H8O/c1-21(2,3)18(20(24)25)22(27-14-15-10-6-5-7-11-15)19(23)16-12-8-9-13-17(16)26-4;1-2-5-3-4(1)6-5/h5-13,18H,14H2,1-4H3,(H,24,25);4-5H,1-3H2. The van der Waals surface area contributed by atoms with Gasteiger partial charge in [0.05, 0.1) is 24.9 Å². The molecule has 3 atom stereocenters. The van der Waals surface area contributed by atoms with E-state index in [1.54, 1.807) is 45.0 Å². The van der Waals surface area contributed by atoms with Crippen LogP contribution in [0.5, 0.6) is 5.75 Å². The molecule has 3 fully saturated rings. The molecule has 2 aliphatic heterocycles. The molecule has 3 unspecified atom stereocenters. The fourth-order valence-electron chi connectivity index (χ4n) is 4.03. The van der Waals surface area contributed by atoms with Gasteiger partial charge < -0.3 is 14.6 Å². The molecule has 2 bridgehead atoms. The number of aliphatic carboxylic acids is 1. The van der Waals surface area contributed by atoms with Crippen LogP contribution in [-0.2, 0) is 21.0 Å². The zero-order chi connectivity index (χ0) is 24.0. The molecule has 5 rings (SSSR count). The maximum absolute atomic E-state index is 13.2. The predicted octanol–water partition coefficient (Wildman–Crippen LogP) is 4.71. The van der Waals surface area contributed by atoms with E-state index < -0.39 is 23.3 Å². The van der Waals surface area contributed by atoms with Gasteiger partial charge in [-0.05, 0) is 42.4 Å². The molecule has 2 aromatic carbocycles. The van der Waals surface area contributed by atoms with Gasteiger partial charge in [-0.15, -0.1) is 0 Å². The van der Waals surface area contributed by atoms with Gasteiger partial charge in [0.2, 0.25) is 0 Å². The van der Waals surface area contributed by atoms with Crippen molar-refractivity contribution in [3.8, 4) is 5.75 Å². The summed E-state index contributed by atoms with van der Waals surface area (Å²) in [5, 5.41) is 10.7. The van der Waals surface area contributed by atoms with Crippen LogP contribution in [0.4, 0.5) is 0 Å². The number of carbonyl (C=O) groups is 2. The quantitative estimate of drug-likeness (QED) is 0.609. The first kappa shape index (κ1) is 24.7. The molecule has 178 valence electrons. The minimum absolute atomic E-state index is 0.0710. The Labute approximate surface area is 195 Å². The Balaban J connectivity index is 0.000000431. The summed E-state index contributed by atoms with van der Waals surface area (Å²) >= 11 is 0. The Kier molecular flexibility index (Phi) is 8.10. The molecular weight excluding hydrogens is 422 g/mol. The highest BCUT2D eigenvalue weighted by atomic mass is 16.7. The lowest BCUT2D eigenvalue weighted by molar-refractivity contribution is -0.194. The monoisotopic (exact) mass is 455 g/mol. The van der Waals surface area contributed by atoms with E-state index in [0.29, 0.717) is 18.0 Å². The van der Waals surface area contributed by atoms with Crippen LogP contribution in [0.2, 0.25) is 0 Å². The van der Waals surface area contributed by atoms with Crippen molar-refractivity contribution in [1.82, 2.24) is 5.06 Å². The number of hydrogen-bond donors (Lipinski definition) is 1. The Bertz CT molecular complexity index is 920. The summed E-state index contributed by atoms with van der Waals surface area (Å²) in [4.78, 5) is 30.9. The van der Waals surface area contributed by atoms with Gasteiger partial charge >= 0.3 is 5.97 Å². The molecule has 7 nitrogen and oxygen atoms in total. The number of methoxy groups -OCH3 is 1. The summed E-state index contributed by atoms with van der Waals surface area (Å²) in [5.74, 6) is -1.35.